The lowest BCUT2D eigenvalue weighted by Gasteiger charge is -2.15. The summed E-state index contributed by atoms with van der Waals surface area (Å²) in [6.07, 6.45) is 2.62. The Morgan fingerprint density at radius 1 is 0.897 bits per heavy atom. The predicted molar refractivity (Wildman–Crippen MR) is 162 cm³/mol. The summed E-state index contributed by atoms with van der Waals surface area (Å²) in [6.45, 7) is 0.957. The summed E-state index contributed by atoms with van der Waals surface area (Å²) in [5.41, 5.74) is 3.87. The molecule has 1 amide bonds. The van der Waals surface area contributed by atoms with Crippen LogP contribution in [0.15, 0.2) is 117 Å². The van der Waals surface area contributed by atoms with Crippen molar-refractivity contribution in [3.05, 3.63) is 129 Å². The standard InChI is InChI=1S/C32H27BrN2O3S/c1-37-28-20-25(19-27(33)30(28)38-22-24-13-7-3-8-14-24)21-29-31(36)35(18-17-23-11-5-2-6-12-23)32(39-29)34-26-15-9-4-10-16-26/h2-16,19-21H,17-18,22H2,1H3/b29-21+,34-32?. The zero-order valence-electron chi connectivity index (χ0n) is 21.4. The topological polar surface area (TPSA) is 51.1 Å². The van der Waals surface area contributed by atoms with Crippen LogP contribution < -0.4 is 9.47 Å². The fourth-order valence-electron chi connectivity index (χ4n) is 4.13. The largest absolute Gasteiger partial charge is 0.493 e. The molecule has 4 aromatic rings. The van der Waals surface area contributed by atoms with Crippen molar-refractivity contribution >= 4 is 50.5 Å². The van der Waals surface area contributed by atoms with Crippen molar-refractivity contribution in [2.24, 2.45) is 4.99 Å². The number of benzene rings is 4. The monoisotopic (exact) mass is 598 g/mol. The van der Waals surface area contributed by atoms with Gasteiger partial charge in [-0.3, -0.25) is 9.69 Å². The van der Waals surface area contributed by atoms with Gasteiger partial charge in [0.2, 0.25) is 0 Å². The van der Waals surface area contributed by atoms with E-state index in [1.165, 1.54) is 17.3 Å². The van der Waals surface area contributed by atoms with E-state index in [9.17, 15) is 4.79 Å². The molecule has 0 aliphatic carbocycles. The summed E-state index contributed by atoms with van der Waals surface area (Å²) >= 11 is 5.02. The Kier molecular flexibility index (Phi) is 8.81. The smallest absolute Gasteiger partial charge is 0.266 e. The van der Waals surface area contributed by atoms with Gasteiger partial charge in [-0.05, 0) is 81.1 Å². The van der Waals surface area contributed by atoms with Crippen LogP contribution in [0.2, 0.25) is 0 Å². The second kappa shape index (κ2) is 12.8. The summed E-state index contributed by atoms with van der Waals surface area (Å²) in [4.78, 5) is 20.8. The quantitative estimate of drug-likeness (QED) is 0.184. The normalized spacial score (nSPS) is 15.2. The molecular weight excluding hydrogens is 572 g/mol. The molecule has 5 rings (SSSR count). The zero-order valence-corrected chi connectivity index (χ0v) is 23.8. The fourth-order valence-corrected chi connectivity index (χ4v) is 5.73. The molecule has 7 heteroatoms. The van der Waals surface area contributed by atoms with Gasteiger partial charge in [-0.2, -0.15) is 0 Å². The van der Waals surface area contributed by atoms with Gasteiger partial charge in [-0.25, -0.2) is 4.99 Å². The first kappa shape index (κ1) is 26.8. The Morgan fingerprint density at radius 2 is 1.54 bits per heavy atom. The number of halogens is 1. The van der Waals surface area contributed by atoms with Crippen LogP contribution in [0, 0.1) is 0 Å². The summed E-state index contributed by atoms with van der Waals surface area (Å²) in [7, 11) is 1.61. The molecule has 0 atom stereocenters. The minimum absolute atomic E-state index is 0.0647. The minimum atomic E-state index is -0.0647. The number of amides is 1. The average molecular weight is 600 g/mol. The second-order valence-corrected chi connectivity index (χ2v) is 10.7. The lowest BCUT2D eigenvalue weighted by atomic mass is 10.1. The van der Waals surface area contributed by atoms with E-state index in [0.29, 0.717) is 34.7 Å². The van der Waals surface area contributed by atoms with Crippen molar-refractivity contribution in [1.82, 2.24) is 4.90 Å². The fraction of sp³-hybridized carbons (Fsp3) is 0.125. The van der Waals surface area contributed by atoms with Crippen LogP contribution in [0.25, 0.3) is 6.08 Å². The molecule has 1 heterocycles. The molecule has 0 aromatic heterocycles. The Labute approximate surface area is 241 Å². The molecule has 39 heavy (non-hydrogen) atoms. The van der Waals surface area contributed by atoms with Gasteiger partial charge in [0.1, 0.15) is 6.61 Å². The molecule has 196 valence electrons. The van der Waals surface area contributed by atoms with E-state index >= 15 is 0 Å². The number of rotatable bonds is 9. The predicted octanol–water partition coefficient (Wildman–Crippen LogP) is 7.88. The highest BCUT2D eigenvalue weighted by atomic mass is 79.9. The van der Waals surface area contributed by atoms with Crippen LogP contribution >= 0.6 is 27.7 Å². The van der Waals surface area contributed by atoms with Crippen molar-refractivity contribution < 1.29 is 14.3 Å². The number of hydrogen-bond donors (Lipinski definition) is 0. The van der Waals surface area contributed by atoms with Gasteiger partial charge in [0.15, 0.2) is 16.7 Å². The molecule has 1 saturated heterocycles. The van der Waals surface area contributed by atoms with Crippen molar-refractivity contribution in [3.8, 4) is 11.5 Å². The van der Waals surface area contributed by atoms with Crippen molar-refractivity contribution in [3.63, 3.8) is 0 Å². The Hall–Kier alpha value is -3.81. The van der Waals surface area contributed by atoms with Crippen molar-refractivity contribution in [2.45, 2.75) is 13.0 Å². The van der Waals surface area contributed by atoms with Gasteiger partial charge in [-0.1, -0.05) is 78.9 Å². The summed E-state index contributed by atoms with van der Waals surface area (Å²) in [6, 6.07) is 33.7. The SMILES string of the molecule is COc1cc(/C=C2/SC(=Nc3ccccc3)N(CCc3ccccc3)C2=O)cc(Br)c1OCc1ccccc1. The Bertz CT molecular complexity index is 1490. The first-order valence-electron chi connectivity index (χ1n) is 12.5. The van der Waals surface area contributed by atoms with Crippen molar-refractivity contribution in [1.29, 1.82) is 0 Å². The van der Waals surface area contributed by atoms with Gasteiger partial charge in [0.05, 0.1) is 22.2 Å². The van der Waals surface area contributed by atoms with Gasteiger partial charge >= 0.3 is 0 Å². The first-order valence-corrected chi connectivity index (χ1v) is 14.1. The van der Waals surface area contributed by atoms with E-state index < -0.39 is 0 Å². The number of hydrogen-bond acceptors (Lipinski definition) is 5. The first-order chi connectivity index (χ1) is 19.1. The number of aliphatic imine (C=N–C) groups is 1. The van der Waals surface area contributed by atoms with E-state index in [1.54, 1.807) is 12.0 Å². The molecule has 5 nitrogen and oxygen atoms in total. The third-order valence-corrected chi connectivity index (χ3v) is 7.71. The van der Waals surface area contributed by atoms with Crippen LogP contribution in [-0.4, -0.2) is 29.6 Å². The van der Waals surface area contributed by atoms with Crippen LogP contribution in [0.4, 0.5) is 5.69 Å². The molecule has 0 unspecified atom stereocenters. The molecule has 0 radical (unpaired) electrons. The highest BCUT2D eigenvalue weighted by molar-refractivity contribution is 9.10. The van der Waals surface area contributed by atoms with E-state index in [2.05, 4.69) is 28.1 Å². The highest BCUT2D eigenvalue weighted by Crippen LogP contribution is 2.40. The lowest BCUT2D eigenvalue weighted by molar-refractivity contribution is -0.122. The maximum absolute atomic E-state index is 13.6. The molecule has 1 aliphatic rings. The number of methoxy groups -OCH3 is 1. The molecule has 0 bridgehead atoms. The Morgan fingerprint density at radius 3 is 2.21 bits per heavy atom. The van der Waals surface area contributed by atoms with Gasteiger partial charge in [0, 0.05) is 6.54 Å². The van der Waals surface area contributed by atoms with Crippen LogP contribution in [0.1, 0.15) is 16.7 Å². The van der Waals surface area contributed by atoms with Gasteiger partial charge in [0.25, 0.3) is 5.91 Å². The number of thioether (sulfide) groups is 1. The number of ether oxygens (including phenoxy) is 2. The average Bonchev–Trinajstić information content (AvgIpc) is 3.25. The number of carbonyl (C=O) groups excluding carboxylic acids is 1. The highest BCUT2D eigenvalue weighted by Gasteiger charge is 2.33. The third-order valence-electron chi connectivity index (χ3n) is 6.11. The van der Waals surface area contributed by atoms with E-state index in [0.717, 1.165) is 27.7 Å². The maximum atomic E-state index is 13.6. The van der Waals surface area contributed by atoms with Gasteiger partial charge in [-0.15, -0.1) is 0 Å². The summed E-state index contributed by atoms with van der Waals surface area (Å²) in [5, 5.41) is 0.669. The number of para-hydroxylation sites is 1. The summed E-state index contributed by atoms with van der Waals surface area (Å²) in [5.74, 6) is 1.14. The summed E-state index contributed by atoms with van der Waals surface area (Å²) < 4.78 is 12.5. The van der Waals surface area contributed by atoms with E-state index in [1.807, 2.05) is 97.1 Å². The second-order valence-electron chi connectivity index (χ2n) is 8.84. The van der Waals surface area contributed by atoms with Gasteiger partial charge < -0.3 is 9.47 Å². The number of amidine groups is 1. The van der Waals surface area contributed by atoms with Crippen LogP contribution in [0.3, 0.4) is 0 Å². The van der Waals surface area contributed by atoms with E-state index in [4.69, 9.17) is 14.5 Å². The zero-order chi connectivity index (χ0) is 27.0. The number of nitrogens with zero attached hydrogens (tertiary/aromatic N) is 2. The molecule has 4 aromatic carbocycles. The molecule has 0 N–H and O–H groups in total. The molecular formula is C32H27BrN2O3S. The molecule has 1 fully saturated rings. The molecule has 0 saturated carbocycles. The lowest BCUT2D eigenvalue weighted by Crippen LogP contribution is -2.31. The van der Waals surface area contributed by atoms with Crippen LogP contribution in [-0.2, 0) is 17.8 Å². The Balaban J connectivity index is 1.41. The number of carbonyl (C=O) groups is 1. The van der Waals surface area contributed by atoms with Crippen molar-refractivity contribution in [2.75, 3.05) is 13.7 Å². The minimum Gasteiger partial charge on any atom is -0.493 e. The maximum Gasteiger partial charge on any atom is 0.266 e. The third kappa shape index (κ3) is 6.80. The van der Waals surface area contributed by atoms with Crippen LogP contribution in [0.5, 0.6) is 11.5 Å². The molecule has 1 aliphatic heterocycles. The molecule has 0 spiro atoms. The van der Waals surface area contributed by atoms with E-state index in [-0.39, 0.29) is 5.91 Å².